The number of carbonyl (C=O) groups excluding carboxylic acids is 1. The molecule has 0 aliphatic carbocycles. The molecular weight excluding hydrogens is 276 g/mol. The van der Waals surface area contributed by atoms with Crippen LogP contribution in [0.5, 0.6) is 0 Å². The maximum Gasteiger partial charge on any atom is 0.260 e. The van der Waals surface area contributed by atoms with Crippen LogP contribution in [0.25, 0.3) is 0 Å². The average molecular weight is 294 g/mol. The molecule has 0 saturated carbocycles. The zero-order valence-electron chi connectivity index (χ0n) is 12.6. The third-order valence-electron chi connectivity index (χ3n) is 4.76. The number of carbonyl (C=O) groups is 1. The number of aliphatic hydroxyl groups is 1. The predicted molar refractivity (Wildman–Crippen MR) is 86.3 cm³/mol. The Kier molecular flexibility index (Phi) is 2.78. The molecule has 1 amide bonds. The maximum atomic E-state index is 13.1. The highest BCUT2D eigenvalue weighted by Gasteiger charge is 2.41. The van der Waals surface area contributed by atoms with Gasteiger partial charge in [0.05, 0.1) is 11.6 Å². The highest BCUT2D eigenvalue weighted by molar-refractivity contribution is 6.12. The predicted octanol–water partition coefficient (Wildman–Crippen LogP) is 2.62. The first-order valence-corrected chi connectivity index (χ1v) is 7.53. The van der Waals surface area contributed by atoms with Crippen LogP contribution in [0.4, 0.5) is 11.4 Å². The molecule has 2 aromatic carbocycles. The number of para-hydroxylation sites is 1. The highest BCUT2D eigenvalue weighted by Crippen LogP contribution is 2.38. The van der Waals surface area contributed by atoms with Gasteiger partial charge in [-0.3, -0.25) is 4.79 Å². The van der Waals surface area contributed by atoms with Crippen LogP contribution in [-0.4, -0.2) is 23.3 Å². The maximum absolute atomic E-state index is 13.1. The van der Waals surface area contributed by atoms with Gasteiger partial charge >= 0.3 is 0 Å². The third-order valence-corrected chi connectivity index (χ3v) is 4.76. The fourth-order valence-electron chi connectivity index (χ4n) is 3.42. The van der Waals surface area contributed by atoms with Crippen molar-refractivity contribution in [3.63, 3.8) is 0 Å². The second kappa shape index (κ2) is 4.58. The van der Waals surface area contributed by atoms with E-state index in [0.717, 1.165) is 22.4 Å². The lowest BCUT2D eigenvalue weighted by Crippen LogP contribution is -2.45. The van der Waals surface area contributed by atoms with Crippen molar-refractivity contribution in [2.24, 2.45) is 0 Å². The van der Waals surface area contributed by atoms with E-state index in [4.69, 9.17) is 0 Å². The number of hydrogen-bond acceptors (Lipinski definition) is 3. The minimum atomic E-state index is -0.778. The summed E-state index contributed by atoms with van der Waals surface area (Å²) in [6, 6.07) is 11.5. The van der Waals surface area contributed by atoms with Crippen LogP contribution in [0.15, 0.2) is 36.4 Å². The Morgan fingerprint density at radius 3 is 2.73 bits per heavy atom. The lowest BCUT2D eigenvalue weighted by Gasteiger charge is -2.26. The number of aliphatic hydroxyl groups excluding tert-OH is 1. The Hall–Kier alpha value is -2.33. The zero-order valence-corrected chi connectivity index (χ0v) is 12.6. The topological polar surface area (TPSA) is 52.6 Å². The summed E-state index contributed by atoms with van der Waals surface area (Å²) in [7, 11) is 0. The van der Waals surface area contributed by atoms with Crippen LogP contribution in [0, 0.1) is 13.8 Å². The molecule has 0 saturated heterocycles. The molecule has 2 atom stereocenters. The number of benzene rings is 2. The van der Waals surface area contributed by atoms with E-state index in [1.807, 2.05) is 50.2 Å². The van der Waals surface area contributed by atoms with E-state index in [1.54, 1.807) is 4.90 Å². The zero-order chi connectivity index (χ0) is 15.4. The van der Waals surface area contributed by atoms with Gasteiger partial charge in [0.2, 0.25) is 0 Å². The smallest absolute Gasteiger partial charge is 0.260 e. The van der Waals surface area contributed by atoms with E-state index in [0.29, 0.717) is 17.7 Å². The Morgan fingerprint density at radius 1 is 1.18 bits per heavy atom. The van der Waals surface area contributed by atoms with E-state index in [1.165, 1.54) is 0 Å². The molecule has 0 fully saturated rings. The summed E-state index contributed by atoms with van der Waals surface area (Å²) in [6.45, 7) is 4.01. The molecule has 2 aliphatic rings. The molecule has 2 aliphatic heterocycles. The van der Waals surface area contributed by atoms with Crippen LogP contribution < -0.4 is 10.2 Å². The van der Waals surface area contributed by atoms with Crippen molar-refractivity contribution < 1.29 is 9.90 Å². The highest BCUT2D eigenvalue weighted by atomic mass is 16.3. The summed E-state index contributed by atoms with van der Waals surface area (Å²) in [5.74, 6) is -0.0444. The average Bonchev–Trinajstić information content (AvgIpc) is 2.85. The van der Waals surface area contributed by atoms with Crippen molar-refractivity contribution >= 4 is 17.3 Å². The van der Waals surface area contributed by atoms with Crippen LogP contribution in [0.2, 0.25) is 0 Å². The molecule has 0 bridgehead atoms. The first kappa shape index (κ1) is 13.3. The normalized spacial score (nSPS) is 22.5. The van der Waals surface area contributed by atoms with E-state index in [2.05, 4.69) is 5.32 Å². The standard InChI is InChI=1S/C18H18N2O2/c1-10-7-13-14(8-11(10)2)19-17(21)16-9-12-5-3-4-6-15(12)20(16)18(13)22/h3-8,16-17,19,21H,9H2,1-2H3. The molecule has 22 heavy (non-hydrogen) atoms. The number of hydrogen-bond donors (Lipinski definition) is 2. The Balaban J connectivity index is 1.90. The van der Waals surface area contributed by atoms with E-state index in [9.17, 15) is 9.90 Å². The molecule has 2 N–H and O–H groups in total. The van der Waals surface area contributed by atoms with Gasteiger partial charge in [-0.2, -0.15) is 0 Å². The van der Waals surface area contributed by atoms with Crippen molar-refractivity contribution in [3.05, 3.63) is 58.7 Å². The van der Waals surface area contributed by atoms with E-state index in [-0.39, 0.29) is 11.9 Å². The molecule has 0 aromatic heterocycles. The van der Waals surface area contributed by atoms with Crippen molar-refractivity contribution in [1.82, 2.24) is 0 Å². The summed E-state index contributed by atoms with van der Waals surface area (Å²) in [5, 5.41) is 13.7. The second-order valence-electron chi connectivity index (χ2n) is 6.15. The van der Waals surface area contributed by atoms with Gasteiger partial charge in [-0.1, -0.05) is 18.2 Å². The number of anilines is 2. The number of fused-ring (bicyclic) bond motifs is 4. The summed E-state index contributed by atoms with van der Waals surface area (Å²) < 4.78 is 0. The summed E-state index contributed by atoms with van der Waals surface area (Å²) in [6.07, 6.45) is -0.109. The monoisotopic (exact) mass is 294 g/mol. The molecule has 0 spiro atoms. The molecule has 2 heterocycles. The second-order valence-corrected chi connectivity index (χ2v) is 6.15. The van der Waals surface area contributed by atoms with Crippen molar-refractivity contribution in [2.45, 2.75) is 32.5 Å². The van der Waals surface area contributed by atoms with E-state index < -0.39 is 6.23 Å². The Morgan fingerprint density at radius 2 is 1.91 bits per heavy atom. The van der Waals surface area contributed by atoms with Crippen LogP contribution in [-0.2, 0) is 6.42 Å². The first-order valence-electron chi connectivity index (χ1n) is 7.53. The van der Waals surface area contributed by atoms with Crippen molar-refractivity contribution in [3.8, 4) is 0 Å². The van der Waals surface area contributed by atoms with Crippen LogP contribution in [0.1, 0.15) is 27.0 Å². The lowest BCUT2D eigenvalue weighted by atomic mass is 10.0. The molecular formula is C18H18N2O2. The van der Waals surface area contributed by atoms with Crippen LogP contribution >= 0.6 is 0 Å². The van der Waals surface area contributed by atoms with Gasteiger partial charge in [-0.15, -0.1) is 0 Å². The summed E-state index contributed by atoms with van der Waals surface area (Å²) in [5.41, 5.74) is 5.54. The minimum Gasteiger partial charge on any atom is -0.372 e. The van der Waals surface area contributed by atoms with Gasteiger partial charge < -0.3 is 15.3 Å². The van der Waals surface area contributed by atoms with E-state index >= 15 is 0 Å². The number of nitrogens with one attached hydrogen (secondary N) is 1. The fourth-order valence-corrected chi connectivity index (χ4v) is 3.42. The van der Waals surface area contributed by atoms with Gasteiger partial charge in [0.25, 0.3) is 5.91 Å². The Bertz CT molecular complexity index is 785. The number of rotatable bonds is 0. The summed E-state index contributed by atoms with van der Waals surface area (Å²) >= 11 is 0. The number of nitrogens with zero attached hydrogens (tertiary/aromatic N) is 1. The molecule has 4 heteroatoms. The quantitative estimate of drug-likeness (QED) is 0.785. The number of amides is 1. The Labute approximate surface area is 129 Å². The van der Waals surface area contributed by atoms with Crippen molar-refractivity contribution in [2.75, 3.05) is 10.2 Å². The third kappa shape index (κ3) is 1.77. The van der Waals surface area contributed by atoms with Gasteiger partial charge in [0.1, 0.15) is 6.23 Å². The van der Waals surface area contributed by atoms with Crippen LogP contribution in [0.3, 0.4) is 0 Å². The molecule has 112 valence electrons. The summed E-state index contributed by atoms with van der Waals surface area (Å²) in [4.78, 5) is 14.8. The van der Waals surface area contributed by atoms with Gasteiger partial charge in [-0.05, 0) is 55.2 Å². The lowest BCUT2D eigenvalue weighted by molar-refractivity contribution is 0.0953. The van der Waals surface area contributed by atoms with Gasteiger partial charge in [0.15, 0.2) is 0 Å². The van der Waals surface area contributed by atoms with Gasteiger partial charge in [0, 0.05) is 11.4 Å². The fraction of sp³-hybridized carbons (Fsp3) is 0.278. The first-order chi connectivity index (χ1) is 10.6. The largest absolute Gasteiger partial charge is 0.372 e. The molecule has 2 unspecified atom stereocenters. The van der Waals surface area contributed by atoms with Gasteiger partial charge in [-0.25, -0.2) is 0 Å². The van der Waals surface area contributed by atoms with Crippen molar-refractivity contribution in [1.29, 1.82) is 0 Å². The molecule has 4 rings (SSSR count). The molecule has 4 nitrogen and oxygen atoms in total. The minimum absolute atomic E-state index is 0.0444. The number of aryl methyl sites for hydroxylation is 2. The molecule has 2 aromatic rings. The SMILES string of the molecule is Cc1cc2c(cc1C)C(=O)N1c3ccccc3CC1C(O)N2. The molecule has 0 radical (unpaired) electrons.